The highest BCUT2D eigenvalue weighted by molar-refractivity contribution is 6.01. The van der Waals surface area contributed by atoms with E-state index in [4.69, 9.17) is 14.7 Å². The van der Waals surface area contributed by atoms with E-state index in [2.05, 4.69) is 40.3 Å². The second-order valence-electron chi connectivity index (χ2n) is 13.3. The van der Waals surface area contributed by atoms with Gasteiger partial charge in [0.25, 0.3) is 0 Å². The first-order valence-corrected chi connectivity index (χ1v) is 16.8. The van der Waals surface area contributed by atoms with Crippen LogP contribution in [0, 0.1) is 19.7 Å². The standard InChI is InChI=1S/C37H44FN5O3/c1-6-42(7-2)26-16-24-10-11-25(17-26)43(24)33-15-23(12-13-39-33)32-19-30-35(29(20-34(44)45)22(4)40-37(30)41(32)5)28-18-31(38)36-27(21(28)3)9-8-14-46-36/h12-13,15,18-19,24-26H,6-11,14,16-17,20H2,1-5H3,(H,44,45). The van der Waals surface area contributed by atoms with Gasteiger partial charge in [0.15, 0.2) is 11.6 Å². The van der Waals surface area contributed by atoms with Crippen molar-refractivity contribution in [1.82, 2.24) is 19.4 Å². The number of aliphatic carboxylic acids is 1. The summed E-state index contributed by atoms with van der Waals surface area (Å²) in [6, 6.07) is 9.45. The number of hydrogen-bond acceptors (Lipinski definition) is 6. The van der Waals surface area contributed by atoms with Crippen LogP contribution in [0.3, 0.4) is 0 Å². The Balaban J connectivity index is 1.34. The van der Waals surface area contributed by atoms with Crippen LogP contribution in [-0.4, -0.2) is 68.3 Å². The van der Waals surface area contributed by atoms with Gasteiger partial charge in [0.2, 0.25) is 0 Å². The molecule has 2 bridgehead atoms. The lowest BCUT2D eigenvalue weighted by Crippen LogP contribution is -2.50. The molecule has 3 aromatic heterocycles. The lowest BCUT2D eigenvalue weighted by atomic mass is 9.87. The Kier molecular flexibility index (Phi) is 7.99. The number of carbonyl (C=O) groups is 1. The van der Waals surface area contributed by atoms with Gasteiger partial charge in [0.05, 0.1) is 18.7 Å². The van der Waals surface area contributed by atoms with Crippen molar-refractivity contribution in [2.24, 2.45) is 7.05 Å². The molecule has 0 saturated carbocycles. The predicted octanol–water partition coefficient (Wildman–Crippen LogP) is 6.85. The number of aryl methyl sites for hydroxylation is 2. The van der Waals surface area contributed by atoms with Gasteiger partial charge in [-0.3, -0.25) is 4.79 Å². The molecule has 4 aromatic rings. The van der Waals surface area contributed by atoms with Gasteiger partial charge in [0.1, 0.15) is 11.5 Å². The average Bonchev–Trinajstić information content (AvgIpc) is 3.51. The van der Waals surface area contributed by atoms with Crippen molar-refractivity contribution in [2.75, 3.05) is 24.6 Å². The molecule has 9 heteroatoms. The maximum atomic E-state index is 15.6. The number of rotatable bonds is 8. The number of halogens is 1. The van der Waals surface area contributed by atoms with Crippen LogP contribution in [0.15, 0.2) is 30.5 Å². The summed E-state index contributed by atoms with van der Waals surface area (Å²) in [5.74, 6) is -0.0213. The maximum Gasteiger partial charge on any atom is 0.307 e. The molecular weight excluding hydrogens is 581 g/mol. The van der Waals surface area contributed by atoms with Crippen LogP contribution < -0.4 is 9.64 Å². The molecule has 2 saturated heterocycles. The number of pyridine rings is 2. The molecule has 3 aliphatic heterocycles. The largest absolute Gasteiger partial charge is 0.490 e. The van der Waals surface area contributed by atoms with Crippen LogP contribution >= 0.6 is 0 Å². The zero-order valence-corrected chi connectivity index (χ0v) is 27.6. The summed E-state index contributed by atoms with van der Waals surface area (Å²) in [5, 5.41) is 10.7. The van der Waals surface area contributed by atoms with Crippen molar-refractivity contribution in [3.8, 4) is 28.1 Å². The number of carboxylic acids is 1. The number of piperidine rings is 1. The number of fused-ring (bicyclic) bond motifs is 4. The van der Waals surface area contributed by atoms with E-state index in [0.29, 0.717) is 47.3 Å². The summed E-state index contributed by atoms with van der Waals surface area (Å²) in [6.07, 6.45) is 7.97. The molecule has 0 radical (unpaired) electrons. The Hall–Kier alpha value is -3.98. The van der Waals surface area contributed by atoms with Crippen molar-refractivity contribution in [1.29, 1.82) is 0 Å². The average molecular weight is 626 g/mol. The summed E-state index contributed by atoms with van der Waals surface area (Å²) < 4.78 is 23.4. The first-order valence-electron chi connectivity index (χ1n) is 16.8. The molecule has 7 rings (SSSR count). The Morgan fingerprint density at radius 2 is 1.87 bits per heavy atom. The molecule has 0 spiro atoms. The van der Waals surface area contributed by atoms with Crippen LogP contribution in [0.25, 0.3) is 33.4 Å². The van der Waals surface area contributed by atoms with Crippen LogP contribution in [0.5, 0.6) is 5.75 Å². The maximum absolute atomic E-state index is 15.6. The molecule has 3 aliphatic rings. The number of ether oxygens (including phenoxy) is 1. The second-order valence-corrected chi connectivity index (χ2v) is 13.3. The molecule has 1 N–H and O–H groups in total. The monoisotopic (exact) mass is 625 g/mol. The van der Waals surface area contributed by atoms with E-state index in [9.17, 15) is 9.90 Å². The van der Waals surface area contributed by atoms with E-state index in [1.54, 1.807) is 0 Å². The highest BCUT2D eigenvalue weighted by atomic mass is 19.1. The molecule has 0 amide bonds. The lowest BCUT2D eigenvalue weighted by Gasteiger charge is -2.43. The Labute approximate surface area is 270 Å². The third kappa shape index (κ3) is 5.03. The topological polar surface area (TPSA) is 83.7 Å². The van der Waals surface area contributed by atoms with Gasteiger partial charge in [-0.25, -0.2) is 14.4 Å². The fourth-order valence-corrected chi connectivity index (χ4v) is 8.63. The van der Waals surface area contributed by atoms with Crippen molar-refractivity contribution >= 4 is 22.8 Å². The Morgan fingerprint density at radius 3 is 2.57 bits per heavy atom. The van der Waals surface area contributed by atoms with Gasteiger partial charge in [-0.05, 0) is 112 Å². The van der Waals surface area contributed by atoms with Gasteiger partial charge in [-0.2, -0.15) is 0 Å². The fourth-order valence-electron chi connectivity index (χ4n) is 8.63. The normalized spacial score (nSPS) is 20.8. The van der Waals surface area contributed by atoms with Crippen LogP contribution in [0.2, 0.25) is 0 Å². The summed E-state index contributed by atoms with van der Waals surface area (Å²) in [4.78, 5) is 27.1. The Morgan fingerprint density at radius 1 is 1.13 bits per heavy atom. The van der Waals surface area contributed by atoms with Crippen molar-refractivity contribution in [3.05, 3.63) is 58.7 Å². The van der Waals surface area contributed by atoms with Crippen LogP contribution in [-0.2, 0) is 24.7 Å². The lowest BCUT2D eigenvalue weighted by molar-refractivity contribution is -0.136. The molecule has 242 valence electrons. The van der Waals surface area contributed by atoms with E-state index < -0.39 is 11.8 Å². The third-order valence-electron chi connectivity index (χ3n) is 10.9. The summed E-state index contributed by atoms with van der Waals surface area (Å²) in [7, 11) is 2.00. The fraction of sp³-hybridized carbons (Fsp3) is 0.486. The van der Waals surface area contributed by atoms with Gasteiger partial charge >= 0.3 is 5.97 Å². The summed E-state index contributed by atoms with van der Waals surface area (Å²) in [5.41, 5.74) is 7.20. The van der Waals surface area contributed by atoms with Crippen molar-refractivity contribution < 1.29 is 19.0 Å². The minimum atomic E-state index is -0.945. The molecule has 8 nitrogen and oxygen atoms in total. The van der Waals surface area contributed by atoms with Crippen LogP contribution in [0.4, 0.5) is 10.2 Å². The quantitative estimate of drug-likeness (QED) is 0.229. The number of benzene rings is 1. The predicted molar refractivity (Wildman–Crippen MR) is 179 cm³/mol. The minimum absolute atomic E-state index is 0.200. The molecule has 1 aromatic carbocycles. The summed E-state index contributed by atoms with van der Waals surface area (Å²) >= 11 is 0. The molecule has 2 atom stereocenters. The van der Waals surface area contributed by atoms with Crippen LogP contribution in [0.1, 0.15) is 68.3 Å². The van der Waals surface area contributed by atoms with Gasteiger partial charge in [0, 0.05) is 53.6 Å². The van der Waals surface area contributed by atoms with Crippen molar-refractivity contribution in [2.45, 2.75) is 90.8 Å². The zero-order chi connectivity index (χ0) is 32.3. The summed E-state index contributed by atoms with van der Waals surface area (Å²) in [6.45, 7) is 11.0. The van der Waals surface area contributed by atoms with E-state index >= 15 is 4.39 Å². The number of hydrogen-bond donors (Lipinski definition) is 1. The van der Waals surface area contributed by atoms with Crippen molar-refractivity contribution in [3.63, 3.8) is 0 Å². The smallest absolute Gasteiger partial charge is 0.307 e. The number of aromatic nitrogens is 3. The highest BCUT2D eigenvalue weighted by Crippen LogP contribution is 2.44. The highest BCUT2D eigenvalue weighted by Gasteiger charge is 2.42. The zero-order valence-electron chi connectivity index (χ0n) is 27.6. The first kappa shape index (κ1) is 30.7. The second kappa shape index (κ2) is 12.0. The van der Waals surface area contributed by atoms with E-state index in [-0.39, 0.29) is 6.42 Å². The van der Waals surface area contributed by atoms with Gasteiger partial charge in [-0.1, -0.05) is 13.8 Å². The Bertz CT molecular complexity index is 1820. The molecular formula is C37H44FN5O3. The number of nitrogens with zero attached hydrogens (tertiary/aromatic N) is 5. The molecule has 6 heterocycles. The van der Waals surface area contributed by atoms with Gasteiger partial charge in [-0.15, -0.1) is 0 Å². The third-order valence-corrected chi connectivity index (χ3v) is 10.9. The minimum Gasteiger partial charge on any atom is -0.490 e. The molecule has 46 heavy (non-hydrogen) atoms. The SMILES string of the molecule is CCN(CC)C1CC2CCC(C1)N2c1cc(-c2cc3c(-c4cc(F)c5c(c4C)CCCO5)c(CC(=O)O)c(C)nc3n2C)ccn1. The molecule has 0 aliphatic carbocycles. The van der Waals surface area contributed by atoms with Gasteiger partial charge < -0.3 is 24.2 Å². The number of carboxylic acid groups (broad SMARTS) is 1. The van der Waals surface area contributed by atoms with E-state index in [0.717, 1.165) is 70.7 Å². The van der Waals surface area contributed by atoms with E-state index in [1.807, 2.05) is 33.2 Å². The molecule has 2 fully saturated rings. The molecule has 2 unspecified atom stereocenters. The first-order chi connectivity index (χ1) is 22.2. The van der Waals surface area contributed by atoms with E-state index in [1.165, 1.54) is 31.7 Å². The number of anilines is 1.